The lowest BCUT2D eigenvalue weighted by atomic mass is 10.0. The highest BCUT2D eigenvalue weighted by atomic mass is 16.1. The van der Waals surface area contributed by atoms with Crippen LogP contribution in [0, 0.1) is 0 Å². The molecule has 1 saturated heterocycles. The topological polar surface area (TPSA) is 61.6 Å². The van der Waals surface area contributed by atoms with E-state index in [0.29, 0.717) is 12.5 Å². The van der Waals surface area contributed by atoms with Crippen LogP contribution in [0.2, 0.25) is 0 Å². The minimum Gasteiger partial charge on any atom is -0.397 e. The Morgan fingerprint density at radius 3 is 2.90 bits per heavy atom. The molecule has 0 aromatic heterocycles. The zero-order chi connectivity index (χ0) is 15.0. The molecule has 0 aliphatic carbocycles. The molecule has 0 saturated carbocycles. The van der Waals surface area contributed by atoms with Gasteiger partial charge in [-0.25, -0.2) is 0 Å². The molecule has 1 atom stereocenters. The van der Waals surface area contributed by atoms with Crippen molar-refractivity contribution < 1.29 is 4.79 Å². The standard InChI is InChI=1S/C16H24N4O/c1-11-10-19(2)6-3-7-20(11)15-9-14-12(8-13(15)17)4-5-16(21)18-14/h8-9,11H,3-7,10,17H2,1-2H3,(H,18,21). The van der Waals surface area contributed by atoms with Crippen LogP contribution in [0.5, 0.6) is 0 Å². The third-order valence-corrected chi connectivity index (χ3v) is 4.50. The van der Waals surface area contributed by atoms with Crippen LogP contribution in [0.15, 0.2) is 12.1 Å². The van der Waals surface area contributed by atoms with Gasteiger partial charge in [-0.05, 0) is 51.1 Å². The van der Waals surface area contributed by atoms with E-state index in [0.717, 1.165) is 55.1 Å². The zero-order valence-electron chi connectivity index (χ0n) is 12.9. The second kappa shape index (κ2) is 5.56. The van der Waals surface area contributed by atoms with Gasteiger partial charge in [-0.2, -0.15) is 0 Å². The van der Waals surface area contributed by atoms with Gasteiger partial charge in [0.05, 0.1) is 11.4 Å². The lowest BCUT2D eigenvalue weighted by Crippen LogP contribution is -2.38. The third-order valence-electron chi connectivity index (χ3n) is 4.50. The summed E-state index contributed by atoms with van der Waals surface area (Å²) in [4.78, 5) is 16.3. The average molecular weight is 288 g/mol. The number of nitrogens with zero attached hydrogens (tertiary/aromatic N) is 2. The van der Waals surface area contributed by atoms with Crippen LogP contribution in [0.1, 0.15) is 25.3 Å². The van der Waals surface area contributed by atoms with Gasteiger partial charge in [0.15, 0.2) is 0 Å². The molecule has 0 spiro atoms. The average Bonchev–Trinajstić information content (AvgIpc) is 2.59. The van der Waals surface area contributed by atoms with E-state index in [2.05, 4.69) is 35.2 Å². The number of fused-ring (bicyclic) bond motifs is 1. The van der Waals surface area contributed by atoms with Crippen LogP contribution in [0.25, 0.3) is 0 Å². The largest absolute Gasteiger partial charge is 0.397 e. The first-order valence-corrected chi connectivity index (χ1v) is 7.72. The Kier molecular flexibility index (Phi) is 3.76. The maximum absolute atomic E-state index is 11.6. The summed E-state index contributed by atoms with van der Waals surface area (Å²) in [6.07, 6.45) is 2.46. The number of carbonyl (C=O) groups excluding carboxylic acids is 1. The van der Waals surface area contributed by atoms with E-state index in [1.165, 1.54) is 0 Å². The number of carbonyl (C=O) groups is 1. The first-order valence-electron chi connectivity index (χ1n) is 7.72. The summed E-state index contributed by atoms with van der Waals surface area (Å²) in [7, 11) is 2.16. The van der Waals surface area contributed by atoms with Crippen LogP contribution in [0.4, 0.5) is 17.1 Å². The van der Waals surface area contributed by atoms with Gasteiger partial charge < -0.3 is 20.9 Å². The van der Waals surface area contributed by atoms with E-state index >= 15 is 0 Å². The third kappa shape index (κ3) is 2.83. The molecule has 5 heteroatoms. The molecule has 1 amide bonds. The molecule has 114 valence electrons. The molecule has 2 heterocycles. The summed E-state index contributed by atoms with van der Waals surface area (Å²) in [6.45, 7) is 5.38. The number of hydrogen-bond donors (Lipinski definition) is 2. The second-order valence-electron chi connectivity index (χ2n) is 6.27. The minimum absolute atomic E-state index is 0.0990. The predicted molar refractivity (Wildman–Crippen MR) is 86.7 cm³/mol. The Hall–Kier alpha value is -1.75. The molecule has 3 N–H and O–H groups in total. The van der Waals surface area contributed by atoms with Crippen molar-refractivity contribution in [3.05, 3.63) is 17.7 Å². The first-order chi connectivity index (χ1) is 10.0. The molecule has 1 aromatic carbocycles. The number of nitrogens with two attached hydrogens (primary N) is 1. The highest BCUT2D eigenvalue weighted by molar-refractivity contribution is 5.95. The van der Waals surface area contributed by atoms with Gasteiger partial charge >= 0.3 is 0 Å². The zero-order valence-corrected chi connectivity index (χ0v) is 12.9. The van der Waals surface area contributed by atoms with Gasteiger partial charge in [-0.1, -0.05) is 0 Å². The van der Waals surface area contributed by atoms with E-state index in [1.54, 1.807) is 0 Å². The van der Waals surface area contributed by atoms with E-state index in [4.69, 9.17) is 5.73 Å². The molecule has 5 nitrogen and oxygen atoms in total. The highest BCUT2D eigenvalue weighted by Gasteiger charge is 2.24. The van der Waals surface area contributed by atoms with Crippen molar-refractivity contribution in [2.24, 2.45) is 0 Å². The van der Waals surface area contributed by atoms with Crippen LogP contribution in [-0.4, -0.2) is 43.5 Å². The van der Waals surface area contributed by atoms with Crippen molar-refractivity contribution in [1.29, 1.82) is 0 Å². The van der Waals surface area contributed by atoms with E-state index in [9.17, 15) is 4.79 Å². The molecule has 2 aliphatic heterocycles. The van der Waals surface area contributed by atoms with Gasteiger partial charge in [0.2, 0.25) is 5.91 Å². The van der Waals surface area contributed by atoms with Crippen molar-refractivity contribution in [2.75, 3.05) is 42.6 Å². The van der Waals surface area contributed by atoms with Gasteiger partial charge in [0.1, 0.15) is 0 Å². The lowest BCUT2D eigenvalue weighted by molar-refractivity contribution is -0.116. The quantitative estimate of drug-likeness (QED) is 0.772. The summed E-state index contributed by atoms with van der Waals surface area (Å²) in [5.41, 5.74) is 10.2. The smallest absolute Gasteiger partial charge is 0.224 e. The Balaban J connectivity index is 1.94. The van der Waals surface area contributed by atoms with E-state index < -0.39 is 0 Å². The summed E-state index contributed by atoms with van der Waals surface area (Å²) < 4.78 is 0. The number of rotatable bonds is 1. The Bertz CT molecular complexity index is 557. The molecule has 3 rings (SSSR count). The molecule has 0 bridgehead atoms. The minimum atomic E-state index is 0.0990. The molecular formula is C16H24N4O. The molecule has 0 radical (unpaired) electrons. The van der Waals surface area contributed by atoms with Crippen LogP contribution >= 0.6 is 0 Å². The SMILES string of the molecule is CC1CN(C)CCCN1c1cc2c(cc1N)CCC(=O)N2. The fourth-order valence-corrected chi connectivity index (χ4v) is 3.42. The van der Waals surface area contributed by atoms with Gasteiger partial charge in [0.25, 0.3) is 0 Å². The van der Waals surface area contributed by atoms with Crippen LogP contribution in [-0.2, 0) is 11.2 Å². The maximum atomic E-state index is 11.6. The number of nitrogen functional groups attached to an aromatic ring is 1. The van der Waals surface area contributed by atoms with Gasteiger partial charge in [-0.3, -0.25) is 4.79 Å². The van der Waals surface area contributed by atoms with E-state index in [1.807, 2.05) is 6.07 Å². The Labute approximate surface area is 126 Å². The number of nitrogens with one attached hydrogen (secondary N) is 1. The van der Waals surface area contributed by atoms with Crippen LogP contribution < -0.4 is 16.0 Å². The summed E-state index contributed by atoms with van der Waals surface area (Å²) in [5.74, 6) is 0.0990. The monoisotopic (exact) mass is 288 g/mol. The van der Waals surface area contributed by atoms with Crippen molar-refractivity contribution in [2.45, 2.75) is 32.2 Å². The Morgan fingerprint density at radius 1 is 1.29 bits per heavy atom. The highest BCUT2D eigenvalue weighted by Crippen LogP contribution is 2.34. The predicted octanol–water partition coefficient (Wildman–Crippen LogP) is 1.68. The number of hydrogen-bond acceptors (Lipinski definition) is 4. The molecule has 1 unspecified atom stereocenters. The fourth-order valence-electron chi connectivity index (χ4n) is 3.42. The molecule has 1 aromatic rings. The van der Waals surface area contributed by atoms with Gasteiger partial charge in [-0.15, -0.1) is 0 Å². The number of benzene rings is 1. The van der Waals surface area contributed by atoms with Crippen molar-refractivity contribution in [3.63, 3.8) is 0 Å². The summed E-state index contributed by atoms with van der Waals surface area (Å²) in [5, 5.41) is 2.97. The normalized spacial score (nSPS) is 23.4. The van der Waals surface area contributed by atoms with Crippen molar-refractivity contribution in [3.8, 4) is 0 Å². The van der Waals surface area contributed by atoms with Crippen molar-refractivity contribution in [1.82, 2.24) is 4.90 Å². The van der Waals surface area contributed by atoms with Crippen molar-refractivity contribution >= 4 is 23.0 Å². The number of likely N-dealkylation sites (N-methyl/N-ethyl adjacent to an activating group) is 1. The van der Waals surface area contributed by atoms with E-state index in [-0.39, 0.29) is 5.91 Å². The number of aryl methyl sites for hydroxylation is 1. The number of amides is 1. The maximum Gasteiger partial charge on any atom is 0.224 e. The summed E-state index contributed by atoms with van der Waals surface area (Å²) in [6, 6.07) is 4.51. The molecule has 21 heavy (non-hydrogen) atoms. The van der Waals surface area contributed by atoms with Gasteiger partial charge in [0, 0.05) is 31.2 Å². The molecule has 1 fully saturated rings. The number of anilines is 3. The van der Waals surface area contributed by atoms with Crippen LogP contribution in [0.3, 0.4) is 0 Å². The first kappa shape index (κ1) is 14.2. The molecular weight excluding hydrogens is 264 g/mol. The second-order valence-corrected chi connectivity index (χ2v) is 6.27. The fraction of sp³-hybridized carbons (Fsp3) is 0.562. The molecule has 2 aliphatic rings. The lowest BCUT2D eigenvalue weighted by Gasteiger charge is -2.32. The Morgan fingerprint density at radius 2 is 2.10 bits per heavy atom. The summed E-state index contributed by atoms with van der Waals surface area (Å²) >= 11 is 0.